The second-order valence-electron chi connectivity index (χ2n) is 4.18. The summed E-state index contributed by atoms with van der Waals surface area (Å²) in [6.45, 7) is 1.66. The van der Waals surface area contributed by atoms with Gasteiger partial charge in [0.2, 0.25) is 10.0 Å². The number of sulfonamides is 1. The SMILES string of the molecule is COC(=O)CCCS(=O)(=O)Nc1cc(F)c(Br)cc1C. The molecule has 20 heavy (non-hydrogen) atoms. The van der Waals surface area contributed by atoms with Gasteiger partial charge in [-0.2, -0.15) is 0 Å². The lowest BCUT2D eigenvalue weighted by Crippen LogP contribution is -2.18. The molecule has 1 aromatic carbocycles. The maximum atomic E-state index is 13.4. The summed E-state index contributed by atoms with van der Waals surface area (Å²) < 4.78 is 44.0. The average Bonchev–Trinajstić information content (AvgIpc) is 2.35. The Labute approximate surface area is 125 Å². The lowest BCUT2D eigenvalue weighted by Gasteiger charge is -2.11. The molecule has 112 valence electrons. The van der Waals surface area contributed by atoms with Gasteiger partial charge in [0.25, 0.3) is 0 Å². The fourth-order valence-corrected chi connectivity index (χ4v) is 3.12. The van der Waals surface area contributed by atoms with Crippen LogP contribution in [-0.4, -0.2) is 27.2 Å². The second kappa shape index (κ2) is 7.03. The summed E-state index contributed by atoms with van der Waals surface area (Å²) in [6.07, 6.45) is 0.158. The maximum Gasteiger partial charge on any atom is 0.305 e. The van der Waals surface area contributed by atoms with Crippen molar-refractivity contribution in [3.05, 3.63) is 28.0 Å². The number of aryl methyl sites for hydroxylation is 1. The average molecular weight is 368 g/mol. The molecule has 0 aliphatic carbocycles. The Bertz CT molecular complexity index is 604. The Balaban J connectivity index is 2.71. The Morgan fingerprint density at radius 2 is 2.10 bits per heavy atom. The molecule has 0 aromatic heterocycles. The first-order valence-corrected chi connectivity index (χ1v) is 8.22. The number of rotatable bonds is 6. The third-order valence-electron chi connectivity index (χ3n) is 2.55. The smallest absolute Gasteiger partial charge is 0.305 e. The molecule has 0 aliphatic rings. The van der Waals surface area contributed by atoms with Gasteiger partial charge >= 0.3 is 5.97 Å². The minimum Gasteiger partial charge on any atom is -0.469 e. The van der Waals surface area contributed by atoms with Gasteiger partial charge in [-0.25, -0.2) is 12.8 Å². The van der Waals surface area contributed by atoms with Crippen LogP contribution in [0, 0.1) is 12.7 Å². The number of halogens is 2. The highest BCUT2D eigenvalue weighted by Gasteiger charge is 2.14. The molecule has 0 bridgehead atoms. The van der Waals surface area contributed by atoms with Crippen molar-refractivity contribution < 1.29 is 22.3 Å². The highest BCUT2D eigenvalue weighted by atomic mass is 79.9. The summed E-state index contributed by atoms with van der Waals surface area (Å²) in [7, 11) is -2.39. The van der Waals surface area contributed by atoms with Gasteiger partial charge in [-0.05, 0) is 47.0 Å². The van der Waals surface area contributed by atoms with E-state index in [2.05, 4.69) is 25.4 Å². The van der Waals surface area contributed by atoms with E-state index in [9.17, 15) is 17.6 Å². The Morgan fingerprint density at radius 3 is 2.70 bits per heavy atom. The molecule has 0 saturated heterocycles. The van der Waals surface area contributed by atoms with Crippen LogP contribution in [0.25, 0.3) is 0 Å². The van der Waals surface area contributed by atoms with Crippen molar-refractivity contribution in [3.63, 3.8) is 0 Å². The normalized spacial score (nSPS) is 11.2. The minimum absolute atomic E-state index is 0.0189. The molecule has 5 nitrogen and oxygen atoms in total. The van der Waals surface area contributed by atoms with Gasteiger partial charge in [0, 0.05) is 6.42 Å². The molecule has 1 N–H and O–H groups in total. The highest BCUT2D eigenvalue weighted by Crippen LogP contribution is 2.24. The van der Waals surface area contributed by atoms with Gasteiger partial charge in [0.15, 0.2) is 0 Å². The van der Waals surface area contributed by atoms with E-state index in [-0.39, 0.29) is 28.8 Å². The van der Waals surface area contributed by atoms with Gasteiger partial charge in [0.1, 0.15) is 5.82 Å². The number of anilines is 1. The summed E-state index contributed by atoms with van der Waals surface area (Å²) in [5.74, 6) is -1.26. The molecule has 1 rings (SSSR count). The number of hydrogen-bond donors (Lipinski definition) is 1. The first-order chi connectivity index (χ1) is 9.25. The fraction of sp³-hybridized carbons (Fsp3) is 0.417. The topological polar surface area (TPSA) is 72.5 Å². The van der Waals surface area contributed by atoms with Crippen LogP contribution in [0.15, 0.2) is 16.6 Å². The molecule has 0 unspecified atom stereocenters. The third kappa shape index (κ3) is 5.09. The molecule has 0 atom stereocenters. The third-order valence-corrected chi connectivity index (χ3v) is 4.52. The van der Waals surface area contributed by atoms with E-state index in [0.717, 1.165) is 6.07 Å². The standard InChI is InChI=1S/C12H15BrFNO4S/c1-8-6-9(13)10(14)7-11(8)15-20(17,18)5-3-4-12(16)19-2/h6-7,15H,3-5H2,1-2H3. The zero-order valence-corrected chi connectivity index (χ0v) is 13.5. The molecular formula is C12H15BrFNO4S. The predicted octanol–water partition coefficient (Wildman–Crippen LogP) is 2.59. The predicted molar refractivity (Wildman–Crippen MR) is 77.5 cm³/mol. The maximum absolute atomic E-state index is 13.4. The van der Waals surface area contributed by atoms with Crippen LogP contribution in [0.1, 0.15) is 18.4 Å². The van der Waals surface area contributed by atoms with Crippen LogP contribution in [0.4, 0.5) is 10.1 Å². The number of benzene rings is 1. The molecule has 0 spiro atoms. The quantitative estimate of drug-likeness (QED) is 0.784. The van der Waals surface area contributed by atoms with E-state index < -0.39 is 21.8 Å². The van der Waals surface area contributed by atoms with Gasteiger partial charge in [-0.15, -0.1) is 0 Å². The monoisotopic (exact) mass is 367 g/mol. The summed E-state index contributed by atoms with van der Waals surface area (Å²) in [5, 5.41) is 0. The van der Waals surface area contributed by atoms with E-state index in [1.165, 1.54) is 13.2 Å². The van der Waals surface area contributed by atoms with Crippen molar-refractivity contribution in [2.45, 2.75) is 19.8 Å². The molecule has 0 fully saturated rings. The summed E-state index contributed by atoms with van der Waals surface area (Å²) >= 11 is 3.02. The van der Waals surface area contributed by atoms with E-state index in [4.69, 9.17) is 0 Å². The summed E-state index contributed by atoms with van der Waals surface area (Å²) in [5.41, 5.74) is 0.776. The molecule has 0 amide bonds. The van der Waals surface area contributed by atoms with Crippen LogP contribution in [0.3, 0.4) is 0 Å². The molecule has 0 radical (unpaired) electrons. The van der Waals surface area contributed by atoms with E-state index in [1.54, 1.807) is 6.92 Å². The number of esters is 1. The molecule has 1 aromatic rings. The van der Waals surface area contributed by atoms with Crippen molar-refractivity contribution in [1.29, 1.82) is 0 Å². The second-order valence-corrected chi connectivity index (χ2v) is 6.88. The highest BCUT2D eigenvalue weighted by molar-refractivity contribution is 9.10. The van der Waals surface area contributed by atoms with Crippen LogP contribution >= 0.6 is 15.9 Å². The van der Waals surface area contributed by atoms with Crippen LogP contribution in [-0.2, 0) is 19.6 Å². The van der Waals surface area contributed by atoms with E-state index >= 15 is 0 Å². The van der Waals surface area contributed by atoms with Crippen molar-refractivity contribution in [2.24, 2.45) is 0 Å². The van der Waals surface area contributed by atoms with Gasteiger partial charge < -0.3 is 4.74 Å². The molecule has 8 heteroatoms. The van der Waals surface area contributed by atoms with Gasteiger partial charge in [0.05, 0.1) is 23.0 Å². The Kier molecular flexibility index (Phi) is 5.94. The van der Waals surface area contributed by atoms with Crippen molar-refractivity contribution in [2.75, 3.05) is 17.6 Å². The number of carbonyl (C=O) groups is 1. The number of ether oxygens (including phenoxy) is 1. The number of nitrogens with one attached hydrogen (secondary N) is 1. The lowest BCUT2D eigenvalue weighted by molar-refractivity contribution is -0.140. The van der Waals surface area contributed by atoms with Gasteiger partial charge in [-0.1, -0.05) is 0 Å². The Hall–Kier alpha value is -1.15. The first kappa shape index (κ1) is 16.9. The van der Waals surface area contributed by atoms with Crippen LogP contribution in [0.5, 0.6) is 0 Å². The fourth-order valence-electron chi connectivity index (χ4n) is 1.48. The lowest BCUT2D eigenvalue weighted by atomic mass is 10.2. The van der Waals surface area contributed by atoms with Crippen molar-refractivity contribution in [1.82, 2.24) is 0 Å². The minimum atomic E-state index is -3.63. The number of methoxy groups -OCH3 is 1. The zero-order valence-electron chi connectivity index (χ0n) is 11.1. The van der Waals surface area contributed by atoms with Crippen LogP contribution in [0.2, 0.25) is 0 Å². The molecule has 0 heterocycles. The van der Waals surface area contributed by atoms with Crippen molar-refractivity contribution in [3.8, 4) is 0 Å². The molecule has 0 saturated carbocycles. The largest absolute Gasteiger partial charge is 0.469 e. The van der Waals surface area contributed by atoms with E-state index in [0.29, 0.717) is 5.56 Å². The van der Waals surface area contributed by atoms with Gasteiger partial charge in [-0.3, -0.25) is 9.52 Å². The van der Waals surface area contributed by atoms with Crippen LogP contribution < -0.4 is 4.72 Å². The first-order valence-electron chi connectivity index (χ1n) is 5.78. The molecular weight excluding hydrogens is 353 g/mol. The summed E-state index contributed by atoms with van der Waals surface area (Å²) in [6, 6.07) is 2.60. The van der Waals surface area contributed by atoms with Crippen molar-refractivity contribution >= 4 is 37.6 Å². The molecule has 0 aliphatic heterocycles. The number of hydrogen-bond acceptors (Lipinski definition) is 4. The summed E-state index contributed by atoms with van der Waals surface area (Å²) in [4.78, 5) is 10.9. The zero-order chi connectivity index (χ0) is 15.3. The van der Waals surface area contributed by atoms with E-state index in [1.807, 2.05) is 0 Å². The Morgan fingerprint density at radius 1 is 1.45 bits per heavy atom. The number of carbonyl (C=O) groups excluding carboxylic acids is 1.